The van der Waals surface area contributed by atoms with Crippen molar-refractivity contribution in [3.05, 3.63) is 24.3 Å². The molecule has 6 heteroatoms. The Balaban J connectivity index is 3.38. The second-order valence-electron chi connectivity index (χ2n) is 21.0. The van der Waals surface area contributed by atoms with Gasteiger partial charge in [-0.25, -0.2) is 0 Å². The van der Waals surface area contributed by atoms with E-state index in [-0.39, 0.29) is 18.5 Å². The normalized spacial score (nSPS) is 12.7. The summed E-state index contributed by atoms with van der Waals surface area (Å²) in [4.78, 5) is 24.4. The molecule has 0 saturated heterocycles. The molecule has 0 aliphatic heterocycles. The van der Waals surface area contributed by atoms with Crippen molar-refractivity contribution in [3.8, 4) is 0 Å². The van der Waals surface area contributed by atoms with Crippen LogP contribution in [0.5, 0.6) is 0 Å². The maximum Gasteiger partial charge on any atom is 0.305 e. The van der Waals surface area contributed by atoms with Gasteiger partial charge in [0.2, 0.25) is 5.91 Å². The van der Waals surface area contributed by atoms with Gasteiger partial charge in [-0.1, -0.05) is 276 Å². The van der Waals surface area contributed by atoms with Crippen LogP contribution < -0.4 is 5.32 Å². The fourth-order valence-electron chi connectivity index (χ4n) is 9.50. The van der Waals surface area contributed by atoms with Gasteiger partial charge in [-0.05, 0) is 70.6 Å². The molecule has 3 N–H and O–H groups in total. The molecule has 0 aromatic heterocycles. The first-order valence-corrected chi connectivity index (χ1v) is 30.6. The number of unbranched alkanes of at least 4 members (excludes halogenated alkanes) is 42. The van der Waals surface area contributed by atoms with Crippen LogP contribution in [0, 0.1) is 0 Å². The van der Waals surface area contributed by atoms with E-state index in [1.165, 1.54) is 257 Å². The van der Waals surface area contributed by atoms with E-state index in [1.54, 1.807) is 0 Å². The number of rotatable bonds is 57. The van der Waals surface area contributed by atoms with Crippen LogP contribution in [0.1, 0.15) is 335 Å². The second-order valence-corrected chi connectivity index (χ2v) is 21.0. The standard InChI is InChI=1S/C62H119NO5/c1-3-5-7-9-11-13-15-31-35-38-42-46-50-54-60(65)59(58-64)63-61(66)55-51-47-43-39-36-32-29-27-25-23-21-19-17-16-18-20-22-24-26-28-30-33-37-41-45-49-53-57-68-62(67)56-52-48-44-40-34-14-12-10-8-6-4-2/h10,12,16-17,59-60,64-65H,3-9,11,13-15,18-58H2,1-2H3,(H,63,66)/b12-10-,17-16-. The van der Waals surface area contributed by atoms with Crippen LogP contribution in [-0.2, 0) is 14.3 Å². The lowest BCUT2D eigenvalue weighted by molar-refractivity contribution is -0.143. The smallest absolute Gasteiger partial charge is 0.305 e. The van der Waals surface area contributed by atoms with Crippen LogP contribution in [-0.4, -0.2) is 47.4 Å². The first-order valence-electron chi connectivity index (χ1n) is 30.6. The largest absolute Gasteiger partial charge is 0.466 e. The molecule has 0 rings (SSSR count). The van der Waals surface area contributed by atoms with E-state index in [0.717, 1.165) is 44.9 Å². The second kappa shape index (κ2) is 57.9. The third-order valence-corrected chi connectivity index (χ3v) is 14.2. The summed E-state index contributed by atoms with van der Waals surface area (Å²) in [5.74, 6) is -0.0307. The molecule has 0 aliphatic rings. The Bertz CT molecular complexity index is 1060. The molecule has 0 saturated carbocycles. The Labute approximate surface area is 424 Å². The summed E-state index contributed by atoms with van der Waals surface area (Å²) >= 11 is 0. The van der Waals surface area contributed by atoms with Gasteiger partial charge < -0.3 is 20.3 Å². The number of amides is 1. The molecule has 2 unspecified atom stereocenters. The number of carbonyl (C=O) groups is 2. The van der Waals surface area contributed by atoms with Crippen molar-refractivity contribution in [2.75, 3.05) is 13.2 Å². The molecule has 0 radical (unpaired) electrons. The summed E-state index contributed by atoms with van der Waals surface area (Å²) in [6.45, 7) is 4.92. The van der Waals surface area contributed by atoms with Crippen molar-refractivity contribution < 1.29 is 24.5 Å². The zero-order chi connectivity index (χ0) is 49.3. The molecule has 0 heterocycles. The highest BCUT2D eigenvalue weighted by Gasteiger charge is 2.20. The molecule has 0 aromatic rings. The van der Waals surface area contributed by atoms with Gasteiger partial charge in [-0.3, -0.25) is 9.59 Å². The van der Waals surface area contributed by atoms with E-state index in [4.69, 9.17) is 4.74 Å². The van der Waals surface area contributed by atoms with Crippen LogP contribution in [0.25, 0.3) is 0 Å². The maximum atomic E-state index is 12.5. The van der Waals surface area contributed by atoms with Crippen molar-refractivity contribution in [1.29, 1.82) is 0 Å². The average Bonchev–Trinajstić information content (AvgIpc) is 3.34. The SMILES string of the molecule is CCCC/C=C\CCCCCCCC(=O)OCCCCCCCCCCCCCC/C=C\CCCCCCCCCCCCCC(=O)NC(CO)C(O)CCCCCCCCCCCCCCC. The maximum absolute atomic E-state index is 12.5. The lowest BCUT2D eigenvalue weighted by Gasteiger charge is -2.22. The van der Waals surface area contributed by atoms with Crippen LogP contribution in [0.15, 0.2) is 24.3 Å². The fraction of sp³-hybridized carbons (Fsp3) is 0.903. The minimum Gasteiger partial charge on any atom is -0.466 e. The number of carbonyl (C=O) groups excluding carboxylic acids is 2. The molecule has 0 fully saturated rings. The highest BCUT2D eigenvalue weighted by atomic mass is 16.5. The summed E-state index contributed by atoms with van der Waals surface area (Å²) < 4.78 is 5.46. The molecule has 0 bridgehead atoms. The van der Waals surface area contributed by atoms with Gasteiger partial charge in [0, 0.05) is 12.8 Å². The monoisotopic (exact) mass is 958 g/mol. The molecule has 1 amide bonds. The average molecular weight is 959 g/mol. The molecule has 2 atom stereocenters. The lowest BCUT2D eigenvalue weighted by Crippen LogP contribution is -2.45. The van der Waals surface area contributed by atoms with Gasteiger partial charge in [0.15, 0.2) is 0 Å². The van der Waals surface area contributed by atoms with E-state index >= 15 is 0 Å². The predicted molar refractivity (Wildman–Crippen MR) is 296 cm³/mol. The Morgan fingerprint density at radius 3 is 1.09 bits per heavy atom. The molecule has 0 spiro atoms. The minimum atomic E-state index is -0.663. The number of hydrogen-bond acceptors (Lipinski definition) is 5. The van der Waals surface area contributed by atoms with E-state index in [2.05, 4.69) is 43.5 Å². The fourth-order valence-corrected chi connectivity index (χ4v) is 9.50. The van der Waals surface area contributed by atoms with Gasteiger partial charge in [0.05, 0.1) is 25.4 Å². The molecular formula is C62H119NO5. The van der Waals surface area contributed by atoms with Crippen LogP contribution in [0.4, 0.5) is 0 Å². The Morgan fingerprint density at radius 2 is 0.706 bits per heavy atom. The van der Waals surface area contributed by atoms with Gasteiger partial charge in [0.1, 0.15) is 0 Å². The van der Waals surface area contributed by atoms with E-state index < -0.39 is 12.1 Å². The van der Waals surface area contributed by atoms with Crippen LogP contribution in [0.3, 0.4) is 0 Å². The van der Waals surface area contributed by atoms with Crippen molar-refractivity contribution in [1.82, 2.24) is 5.32 Å². The highest BCUT2D eigenvalue weighted by molar-refractivity contribution is 5.76. The Kier molecular flexibility index (Phi) is 56.5. The van der Waals surface area contributed by atoms with E-state index in [1.807, 2.05) is 0 Å². The van der Waals surface area contributed by atoms with Crippen molar-refractivity contribution >= 4 is 11.9 Å². The molecule has 0 aromatic carbocycles. The third kappa shape index (κ3) is 53.7. The highest BCUT2D eigenvalue weighted by Crippen LogP contribution is 2.17. The van der Waals surface area contributed by atoms with Crippen molar-refractivity contribution in [2.24, 2.45) is 0 Å². The van der Waals surface area contributed by atoms with Crippen LogP contribution in [0.2, 0.25) is 0 Å². The Morgan fingerprint density at radius 1 is 0.397 bits per heavy atom. The molecule has 0 aliphatic carbocycles. The van der Waals surface area contributed by atoms with E-state index in [9.17, 15) is 19.8 Å². The number of ether oxygens (including phenoxy) is 1. The number of esters is 1. The van der Waals surface area contributed by atoms with Gasteiger partial charge in [-0.15, -0.1) is 0 Å². The molecule has 68 heavy (non-hydrogen) atoms. The molecular weight excluding hydrogens is 839 g/mol. The Hall–Kier alpha value is -1.66. The molecule has 402 valence electrons. The number of hydrogen-bond donors (Lipinski definition) is 3. The number of aliphatic hydroxyl groups excluding tert-OH is 2. The summed E-state index contributed by atoms with van der Waals surface area (Å²) in [6.07, 6.45) is 70.5. The van der Waals surface area contributed by atoms with Crippen LogP contribution >= 0.6 is 0 Å². The third-order valence-electron chi connectivity index (χ3n) is 14.2. The minimum absolute atomic E-state index is 0.00407. The van der Waals surface area contributed by atoms with Crippen molar-refractivity contribution in [2.45, 2.75) is 347 Å². The zero-order valence-electron chi connectivity index (χ0n) is 45.9. The zero-order valence-corrected chi connectivity index (χ0v) is 45.9. The topological polar surface area (TPSA) is 95.9 Å². The molecule has 6 nitrogen and oxygen atoms in total. The summed E-state index contributed by atoms with van der Waals surface area (Å²) in [5, 5.41) is 23.2. The number of aliphatic hydroxyl groups is 2. The first kappa shape index (κ1) is 66.3. The van der Waals surface area contributed by atoms with Crippen molar-refractivity contribution in [3.63, 3.8) is 0 Å². The van der Waals surface area contributed by atoms with E-state index in [0.29, 0.717) is 25.9 Å². The van der Waals surface area contributed by atoms with Gasteiger partial charge in [0.25, 0.3) is 0 Å². The quantitative estimate of drug-likeness (QED) is 0.0321. The predicted octanol–water partition coefficient (Wildman–Crippen LogP) is 19.0. The number of nitrogens with one attached hydrogen (secondary N) is 1. The first-order chi connectivity index (χ1) is 33.5. The van der Waals surface area contributed by atoms with Gasteiger partial charge in [-0.2, -0.15) is 0 Å². The summed E-state index contributed by atoms with van der Waals surface area (Å²) in [6, 6.07) is -0.541. The van der Waals surface area contributed by atoms with Gasteiger partial charge >= 0.3 is 5.97 Å². The number of allylic oxidation sites excluding steroid dienone is 4. The summed E-state index contributed by atoms with van der Waals surface area (Å²) in [5.41, 5.74) is 0. The summed E-state index contributed by atoms with van der Waals surface area (Å²) in [7, 11) is 0. The lowest BCUT2D eigenvalue weighted by atomic mass is 10.0.